The van der Waals surface area contributed by atoms with Crippen molar-refractivity contribution in [2.45, 2.75) is 6.42 Å². The van der Waals surface area contributed by atoms with Gasteiger partial charge in [-0.3, -0.25) is 0 Å². The van der Waals surface area contributed by atoms with Crippen molar-refractivity contribution in [1.82, 2.24) is 0 Å². The van der Waals surface area contributed by atoms with Crippen LogP contribution >= 0.6 is 0 Å². The van der Waals surface area contributed by atoms with Crippen LogP contribution in [0.25, 0.3) is 0 Å². The average molecular weight is 92.9 g/mol. The molecule has 7 heavy (non-hydrogen) atoms. The third-order valence-corrected chi connectivity index (χ3v) is 0.744. The van der Waals surface area contributed by atoms with Crippen molar-refractivity contribution < 1.29 is 4.79 Å². The Labute approximate surface area is 42.2 Å². The first-order valence-electron chi connectivity index (χ1n) is 2.10. The molecule has 0 aliphatic carbocycles. The average Bonchev–Trinajstić information content (AvgIpc) is 1.69. The van der Waals surface area contributed by atoms with Crippen LogP contribution in [0.3, 0.4) is 0 Å². The molecule has 0 amide bonds. The van der Waals surface area contributed by atoms with Gasteiger partial charge in [0.2, 0.25) is 0 Å². The number of nitrogens with zero attached hydrogens (tertiary/aromatic N) is 1. The van der Waals surface area contributed by atoms with Crippen molar-refractivity contribution in [3.8, 4) is 0 Å². The van der Waals surface area contributed by atoms with Gasteiger partial charge in [0.25, 0.3) is 0 Å². The third kappa shape index (κ3) is 1.07. The fourth-order valence-corrected chi connectivity index (χ4v) is 0.398. The summed E-state index contributed by atoms with van der Waals surface area (Å²) in [5.74, 6) is 1.61. The normalized spacial score (nSPS) is 16.9. The van der Waals surface area contributed by atoms with Crippen LogP contribution in [0.2, 0.25) is 0 Å². The van der Waals surface area contributed by atoms with Crippen molar-refractivity contribution in [3.05, 3.63) is 0 Å². The SMILES string of the molecule is O=C1C=BN=CC1. The van der Waals surface area contributed by atoms with E-state index in [9.17, 15) is 4.79 Å². The Balaban J connectivity index is 2.66. The molecule has 0 atom stereocenters. The molecule has 0 unspecified atom stereocenters. The van der Waals surface area contributed by atoms with Gasteiger partial charge in [0.1, 0.15) is 0 Å². The number of hydrogen-bond donors (Lipinski definition) is 0. The summed E-state index contributed by atoms with van der Waals surface area (Å²) < 4.78 is 0. The molecule has 3 heteroatoms. The molecule has 1 heterocycles. The summed E-state index contributed by atoms with van der Waals surface area (Å²) in [7, 11) is 1.51. The van der Waals surface area contributed by atoms with Gasteiger partial charge in [0.15, 0.2) is 0 Å². The monoisotopic (exact) mass is 93.0 g/mol. The topological polar surface area (TPSA) is 29.4 Å². The molecule has 0 aromatic heterocycles. The summed E-state index contributed by atoms with van der Waals surface area (Å²) in [5, 5.41) is 0. The molecule has 0 fully saturated rings. The first kappa shape index (κ1) is 4.43. The number of hydrogen-bond acceptors (Lipinski definition) is 2. The Morgan fingerprint density at radius 3 is 3.00 bits per heavy atom. The van der Waals surface area contributed by atoms with E-state index in [1.54, 1.807) is 6.21 Å². The van der Waals surface area contributed by atoms with Crippen LogP contribution in [0, 0.1) is 0 Å². The molecule has 34 valence electrons. The standard InChI is InChI=1S/C4H4BNO/c7-4-1-2-6-5-3-4/h2-3H,1H2. The summed E-state index contributed by atoms with van der Waals surface area (Å²) in [6.45, 7) is 0. The second-order valence-corrected chi connectivity index (χ2v) is 1.32. The number of Topliss-reactive ketones (excluding diaryl/α,β-unsaturated/α-hetero) is 1. The van der Waals surface area contributed by atoms with E-state index in [0.29, 0.717) is 6.42 Å². The van der Waals surface area contributed by atoms with Crippen LogP contribution in [-0.4, -0.2) is 25.0 Å². The molecule has 0 N–H and O–H groups in total. The van der Waals surface area contributed by atoms with E-state index in [0.717, 1.165) is 0 Å². The number of ketones is 1. The van der Waals surface area contributed by atoms with Crippen molar-refractivity contribution in [2.24, 2.45) is 4.90 Å². The van der Waals surface area contributed by atoms with Crippen LogP contribution in [0.5, 0.6) is 0 Å². The van der Waals surface area contributed by atoms with Gasteiger partial charge >= 0.3 is 41.1 Å². The van der Waals surface area contributed by atoms with Gasteiger partial charge < -0.3 is 0 Å². The first-order valence-corrected chi connectivity index (χ1v) is 2.10. The van der Waals surface area contributed by atoms with Gasteiger partial charge in [0.05, 0.1) is 0 Å². The molecule has 0 saturated carbocycles. The molecule has 0 radical (unpaired) electrons. The predicted molar refractivity (Wildman–Crippen MR) is 29.9 cm³/mol. The van der Waals surface area contributed by atoms with Gasteiger partial charge in [-0.1, -0.05) is 0 Å². The summed E-state index contributed by atoms with van der Waals surface area (Å²) in [4.78, 5) is 14.0. The van der Waals surface area contributed by atoms with E-state index < -0.39 is 0 Å². The van der Waals surface area contributed by atoms with Gasteiger partial charge in [0, 0.05) is 0 Å². The van der Waals surface area contributed by atoms with E-state index >= 15 is 0 Å². The first-order chi connectivity index (χ1) is 3.39. The van der Waals surface area contributed by atoms with E-state index in [-0.39, 0.29) is 5.78 Å². The number of carbonyl (C=O) groups is 1. The van der Waals surface area contributed by atoms with Crippen molar-refractivity contribution in [2.75, 3.05) is 0 Å². The zero-order valence-corrected chi connectivity index (χ0v) is 3.79. The maximum atomic E-state index is 10.3. The fraction of sp³-hybridized carbons (Fsp3) is 0.250. The third-order valence-electron chi connectivity index (χ3n) is 0.744. The molecule has 1 aliphatic heterocycles. The fourth-order valence-electron chi connectivity index (χ4n) is 0.398. The van der Waals surface area contributed by atoms with Crippen LogP contribution < -0.4 is 0 Å². The Hall–Kier alpha value is -0.725. The Bertz CT molecular complexity index is 139. The molecule has 0 bridgehead atoms. The van der Waals surface area contributed by atoms with Gasteiger partial charge in [-0.05, 0) is 0 Å². The second kappa shape index (κ2) is 1.82. The second-order valence-electron chi connectivity index (χ2n) is 1.32. The van der Waals surface area contributed by atoms with E-state index in [4.69, 9.17) is 0 Å². The molecule has 0 aromatic carbocycles. The molecule has 0 saturated heterocycles. The van der Waals surface area contributed by atoms with Gasteiger partial charge in [-0.25, -0.2) is 0 Å². The van der Waals surface area contributed by atoms with Crippen LogP contribution in [0.1, 0.15) is 6.42 Å². The number of carbonyl (C=O) groups excluding carboxylic acids is 1. The molecule has 0 aromatic rings. The van der Waals surface area contributed by atoms with E-state index in [2.05, 4.69) is 4.90 Å². The van der Waals surface area contributed by atoms with Crippen LogP contribution in [-0.2, 0) is 4.79 Å². The molecular formula is C4H4BNO. The summed E-state index contributed by atoms with van der Waals surface area (Å²) in [6.07, 6.45) is 2.07. The minimum absolute atomic E-state index is 0.134. The van der Waals surface area contributed by atoms with Gasteiger partial charge in [-0.2, -0.15) is 0 Å². The van der Waals surface area contributed by atoms with Gasteiger partial charge in [-0.15, -0.1) is 0 Å². The Kier molecular flexibility index (Phi) is 1.15. The predicted octanol–water partition coefficient (Wildman–Crippen LogP) is -0.549. The molecule has 0 spiro atoms. The summed E-state index contributed by atoms with van der Waals surface area (Å²) >= 11 is 0. The summed E-state index contributed by atoms with van der Waals surface area (Å²) in [6, 6.07) is 0. The van der Waals surface area contributed by atoms with E-state index in [1.807, 2.05) is 0 Å². The molecular weight excluding hydrogens is 88.9 g/mol. The quantitative estimate of drug-likeness (QED) is 0.369. The maximum absolute atomic E-state index is 10.3. The Morgan fingerprint density at radius 1 is 1.86 bits per heavy atom. The van der Waals surface area contributed by atoms with Crippen molar-refractivity contribution >= 4 is 25.0 Å². The van der Waals surface area contributed by atoms with Crippen LogP contribution in [0.4, 0.5) is 0 Å². The summed E-state index contributed by atoms with van der Waals surface area (Å²) in [5.41, 5.74) is 0. The van der Waals surface area contributed by atoms with Crippen molar-refractivity contribution in [1.29, 1.82) is 0 Å². The molecule has 2 nitrogen and oxygen atoms in total. The Morgan fingerprint density at radius 2 is 2.71 bits per heavy atom. The molecule has 1 aliphatic rings. The zero-order valence-electron chi connectivity index (χ0n) is 3.79. The van der Waals surface area contributed by atoms with E-state index in [1.165, 1.54) is 13.0 Å². The number of rotatable bonds is 0. The minimum atomic E-state index is 0.134. The van der Waals surface area contributed by atoms with Crippen LogP contribution in [0.15, 0.2) is 4.90 Å². The molecule has 1 rings (SSSR count). The zero-order chi connectivity index (χ0) is 5.11. The van der Waals surface area contributed by atoms with Crippen molar-refractivity contribution in [3.63, 3.8) is 0 Å².